The number of hydrogen-bond acceptors (Lipinski definition) is 2. The van der Waals surface area contributed by atoms with Gasteiger partial charge in [0.2, 0.25) is 5.82 Å². The molecule has 12 heavy (non-hydrogen) atoms. The summed E-state index contributed by atoms with van der Waals surface area (Å²) in [5, 5.41) is 8.57. The third-order valence-corrected chi connectivity index (χ3v) is 1.45. The summed E-state index contributed by atoms with van der Waals surface area (Å²) in [6.07, 6.45) is 3.58. The third-order valence-electron chi connectivity index (χ3n) is 1.45. The van der Waals surface area contributed by atoms with Gasteiger partial charge in [0.25, 0.3) is 0 Å². The Morgan fingerprint density at radius 3 is 2.75 bits per heavy atom. The minimum Gasteiger partial charge on any atom is -0.475 e. The lowest BCUT2D eigenvalue weighted by Crippen LogP contribution is -1.98. The zero-order valence-electron chi connectivity index (χ0n) is 6.96. The molecule has 0 saturated carbocycles. The van der Waals surface area contributed by atoms with E-state index >= 15 is 0 Å². The van der Waals surface area contributed by atoms with Crippen LogP contribution in [0.3, 0.4) is 0 Å². The molecule has 0 aliphatic carbocycles. The number of carboxylic acid groups (broad SMARTS) is 1. The number of nitrogens with zero attached hydrogens (tertiary/aromatic N) is 1. The van der Waals surface area contributed by atoms with Crippen LogP contribution in [0.5, 0.6) is 0 Å². The maximum atomic E-state index is 10.5. The molecule has 1 aromatic rings. The average molecular weight is 166 g/mol. The third kappa shape index (κ3) is 1.53. The SMILES string of the molecule is C/C=C\c1nc(C(=O)O)[nH]c1C. The van der Waals surface area contributed by atoms with Crippen LogP contribution in [-0.2, 0) is 0 Å². The smallest absolute Gasteiger partial charge is 0.371 e. The predicted molar refractivity (Wildman–Crippen MR) is 45.0 cm³/mol. The van der Waals surface area contributed by atoms with Crippen LogP contribution in [0.4, 0.5) is 0 Å². The Bertz CT molecular complexity index is 326. The molecule has 0 amide bonds. The van der Waals surface area contributed by atoms with Crippen molar-refractivity contribution in [1.29, 1.82) is 0 Å². The Hall–Kier alpha value is -1.58. The van der Waals surface area contributed by atoms with E-state index in [2.05, 4.69) is 9.97 Å². The first-order chi connectivity index (χ1) is 5.65. The van der Waals surface area contributed by atoms with Gasteiger partial charge in [-0.1, -0.05) is 6.08 Å². The topological polar surface area (TPSA) is 66.0 Å². The fourth-order valence-electron chi connectivity index (χ4n) is 0.895. The summed E-state index contributed by atoms with van der Waals surface area (Å²) in [6, 6.07) is 0. The number of rotatable bonds is 2. The van der Waals surface area contributed by atoms with E-state index in [1.165, 1.54) is 0 Å². The molecule has 0 aromatic carbocycles. The first kappa shape index (κ1) is 8.52. The highest BCUT2D eigenvalue weighted by molar-refractivity contribution is 5.83. The zero-order chi connectivity index (χ0) is 9.14. The van der Waals surface area contributed by atoms with Crippen LogP contribution in [0.2, 0.25) is 0 Å². The number of carbonyl (C=O) groups is 1. The Morgan fingerprint density at radius 2 is 2.33 bits per heavy atom. The van der Waals surface area contributed by atoms with Crippen molar-refractivity contribution in [2.24, 2.45) is 0 Å². The molecule has 0 atom stereocenters. The average Bonchev–Trinajstić information content (AvgIpc) is 2.34. The summed E-state index contributed by atoms with van der Waals surface area (Å²) < 4.78 is 0. The molecule has 4 nitrogen and oxygen atoms in total. The maximum absolute atomic E-state index is 10.5. The number of imidazole rings is 1. The van der Waals surface area contributed by atoms with Gasteiger partial charge in [-0.2, -0.15) is 0 Å². The van der Waals surface area contributed by atoms with Crippen LogP contribution in [0, 0.1) is 6.92 Å². The van der Waals surface area contributed by atoms with Gasteiger partial charge >= 0.3 is 5.97 Å². The molecule has 1 aromatic heterocycles. The number of nitrogens with one attached hydrogen (secondary N) is 1. The van der Waals surface area contributed by atoms with E-state index in [0.717, 1.165) is 5.69 Å². The number of aryl methyl sites for hydroxylation is 1. The summed E-state index contributed by atoms with van der Waals surface area (Å²) in [5.41, 5.74) is 1.44. The van der Waals surface area contributed by atoms with E-state index < -0.39 is 5.97 Å². The second kappa shape index (κ2) is 3.21. The molecule has 2 N–H and O–H groups in total. The fraction of sp³-hybridized carbons (Fsp3) is 0.250. The van der Waals surface area contributed by atoms with Gasteiger partial charge in [0.1, 0.15) is 0 Å². The second-order valence-electron chi connectivity index (χ2n) is 2.40. The lowest BCUT2D eigenvalue weighted by molar-refractivity contribution is 0.0684. The lowest BCUT2D eigenvalue weighted by atomic mass is 10.3. The van der Waals surface area contributed by atoms with Crippen molar-refractivity contribution in [1.82, 2.24) is 9.97 Å². The molecular weight excluding hydrogens is 156 g/mol. The van der Waals surface area contributed by atoms with Gasteiger partial charge < -0.3 is 10.1 Å². The number of aromatic amines is 1. The van der Waals surface area contributed by atoms with Gasteiger partial charge in [-0.3, -0.25) is 0 Å². The van der Waals surface area contributed by atoms with Gasteiger partial charge in [-0.15, -0.1) is 0 Å². The van der Waals surface area contributed by atoms with Crippen molar-refractivity contribution in [2.75, 3.05) is 0 Å². The molecule has 1 heterocycles. The summed E-state index contributed by atoms with van der Waals surface area (Å²) in [5.74, 6) is -1.05. The molecule has 64 valence electrons. The number of allylic oxidation sites excluding steroid dienone is 1. The van der Waals surface area contributed by atoms with Crippen molar-refractivity contribution in [3.63, 3.8) is 0 Å². The van der Waals surface area contributed by atoms with Crippen LogP contribution >= 0.6 is 0 Å². The molecular formula is C8H10N2O2. The van der Waals surface area contributed by atoms with Crippen LogP contribution < -0.4 is 0 Å². The van der Waals surface area contributed by atoms with E-state index in [1.54, 1.807) is 13.0 Å². The molecule has 0 saturated heterocycles. The Morgan fingerprint density at radius 1 is 1.67 bits per heavy atom. The number of aromatic carboxylic acids is 1. The molecule has 0 radical (unpaired) electrons. The highest BCUT2D eigenvalue weighted by Crippen LogP contribution is 2.06. The molecule has 0 fully saturated rings. The molecule has 0 bridgehead atoms. The molecule has 0 aliphatic rings. The zero-order valence-corrected chi connectivity index (χ0v) is 6.96. The quantitative estimate of drug-likeness (QED) is 0.698. The minimum absolute atomic E-state index is 0.0133. The van der Waals surface area contributed by atoms with Gasteiger partial charge in [0.15, 0.2) is 0 Å². The number of hydrogen-bond donors (Lipinski definition) is 2. The van der Waals surface area contributed by atoms with Crippen LogP contribution in [0.1, 0.15) is 28.9 Å². The normalized spacial score (nSPS) is 10.8. The van der Waals surface area contributed by atoms with Crippen molar-refractivity contribution in [3.8, 4) is 0 Å². The van der Waals surface area contributed by atoms with Gasteiger partial charge in [0, 0.05) is 5.69 Å². The Kier molecular flexibility index (Phi) is 2.28. The maximum Gasteiger partial charge on any atom is 0.371 e. The number of H-pyrrole nitrogens is 1. The lowest BCUT2D eigenvalue weighted by Gasteiger charge is -1.83. The predicted octanol–water partition coefficient (Wildman–Crippen LogP) is 1.45. The standard InChI is InChI=1S/C8H10N2O2/c1-3-4-6-5(2)9-7(10-6)8(11)12/h3-4H,1-2H3,(H,9,10)(H,11,12)/b4-3-. The Balaban J connectivity index is 3.08. The largest absolute Gasteiger partial charge is 0.475 e. The highest BCUT2D eigenvalue weighted by atomic mass is 16.4. The number of aromatic nitrogens is 2. The molecule has 0 spiro atoms. The van der Waals surface area contributed by atoms with E-state index in [4.69, 9.17) is 5.11 Å². The first-order valence-corrected chi connectivity index (χ1v) is 3.57. The van der Waals surface area contributed by atoms with Crippen LogP contribution in [0.25, 0.3) is 6.08 Å². The first-order valence-electron chi connectivity index (χ1n) is 3.57. The van der Waals surface area contributed by atoms with Crippen LogP contribution in [0.15, 0.2) is 6.08 Å². The Labute approximate surface area is 70.0 Å². The van der Waals surface area contributed by atoms with Crippen molar-refractivity contribution < 1.29 is 9.90 Å². The van der Waals surface area contributed by atoms with Gasteiger partial charge in [0.05, 0.1) is 5.69 Å². The van der Waals surface area contributed by atoms with Crippen molar-refractivity contribution in [2.45, 2.75) is 13.8 Å². The van der Waals surface area contributed by atoms with E-state index in [0.29, 0.717) is 5.69 Å². The monoisotopic (exact) mass is 166 g/mol. The van der Waals surface area contributed by atoms with Gasteiger partial charge in [-0.25, -0.2) is 9.78 Å². The molecule has 1 rings (SSSR count). The fourth-order valence-corrected chi connectivity index (χ4v) is 0.895. The van der Waals surface area contributed by atoms with Gasteiger partial charge in [-0.05, 0) is 19.9 Å². The van der Waals surface area contributed by atoms with Crippen molar-refractivity contribution in [3.05, 3.63) is 23.3 Å². The summed E-state index contributed by atoms with van der Waals surface area (Å²) in [6.45, 7) is 3.64. The summed E-state index contributed by atoms with van der Waals surface area (Å²) >= 11 is 0. The molecule has 0 unspecified atom stereocenters. The summed E-state index contributed by atoms with van der Waals surface area (Å²) in [7, 11) is 0. The molecule has 0 aliphatic heterocycles. The second-order valence-corrected chi connectivity index (χ2v) is 2.40. The van der Waals surface area contributed by atoms with Crippen LogP contribution in [-0.4, -0.2) is 21.0 Å². The highest BCUT2D eigenvalue weighted by Gasteiger charge is 2.09. The minimum atomic E-state index is -1.03. The molecule has 4 heteroatoms. The number of carboxylic acids is 1. The van der Waals surface area contributed by atoms with E-state index in [1.807, 2.05) is 13.0 Å². The van der Waals surface area contributed by atoms with Crippen molar-refractivity contribution >= 4 is 12.0 Å². The van der Waals surface area contributed by atoms with E-state index in [9.17, 15) is 4.79 Å². The van der Waals surface area contributed by atoms with E-state index in [-0.39, 0.29) is 5.82 Å². The summed E-state index contributed by atoms with van der Waals surface area (Å²) in [4.78, 5) is 17.0.